The van der Waals surface area contributed by atoms with Gasteiger partial charge >= 0.3 is 18.0 Å². The van der Waals surface area contributed by atoms with Crippen molar-refractivity contribution in [2.24, 2.45) is 5.92 Å². The van der Waals surface area contributed by atoms with Gasteiger partial charge in [0.15, 0.2) is 0 Å². The predicted molar refractivity (Wildman–Crippen MR) is 115 cm³/mol. The van der Waals surface area contributed by atoms with Crippen molar-refractivity contribution in [2.45, 2.75) is 45.2 Å². The number of carboxylic acids is 2. The average molecular weight is 425 g/mol. The highest BCUT2D eigenvalue weighted by Gasteiger charge is 2.41. The molecule has 0 radical (unpaired) electrons. The summed E-state index contributed by atoms with van der Waals surface area (Å²) < 4.78 is 5.56. The van der Waals surface area contributed by atoms with Gasteiger partial charge in [-0.05, 0) is 35.1 Å². The van der Waals surface area contributed by atoms with Gasteiger partial charge in [0.1, 0.15) is 18.7 Å². The molecular weight excluding hydrogens is 398 g/mol. The molecule has 1 aliphatic rings. The fraction of sp³-hybridized carbons (Fsp3) is 0.375. The topological polar surface area (TPSA) is 104 Å². The summed E-state index contributed by atoms with van der Waals surface area (Å²) in [6.07, 6.45) is -0.472. The zero-order chi connectivity index (χ0) is 22.7. The fourth-order valence-electron chi connectivity index (χ4n) is 4.16. The number of amides is 1. The van der Waals surface area contributed by atoms with Crippen molar-refractivity contribution in [3.05, 3.63) is 59.7 Å². The summed E-state index contributed by atoms with van der Waals surface area (Å²) in [6.45, 7) is 4.75. The van der Waals surface area contributed by atoms with Crippen molar-refractivity contribution < 1.29 is 29.3 Å². The minimum absolute atomic E-state index is 0.0114. The van der Waals surface area contributed by atoms with Gasteiger partial charge in [-0.15, -0.1) is 0 Å². The molecule has 0 aliphatic heterocycles. The maximum atomic E-state index is 13.0. The van der Waals surface area contributed by atoms with Crippen LogP contribution in [0.3, 0.4) is 0 Å². The number of benzene rings is 2. The van der Waals surface area contributed by atoms with Crippen molar-refractivity contribution in [3.63, 3.8) is 0 Å². The zero-order valence-corrected chi connectivity index (χ0v) is 17.8. The SMILES string of the molecule is CC[C@H](C)[C@@H](C(=O)O)N(C(=O)OCC1c2ccccc2-c2ccccc21)C(C)C(=O)O. The van der Waals surface area contributed by atoms with Crippen LogP contribution in [0, 0.1) is 5.92 Å². The van der Waals surface area contributed by atoms with Gasteiger partial charge in [0.25, 0.3) is 0 Å². The Morgan fingerprint density at radius 3 is 1.90 bits per heavy atom. The zero-order valence-electron chi connectivity index (χ0n) is 17.8. The van der Waals surface area contributed by atoms with Gasteiger partial charge < -0.3 is 14.9 Å². The third-order valence-corrected chi connectivity index (χ3v) is 6.06. The first-order valence-electron chi connectivity index (χ1n) is 10.4. The van der Waals surface area contributed by atoms with Gasteiger partial charge in [-0.3, -0.25) is 4.90 Å². The molecule has 1 amide bonds. The third kappa shape index (κ3) is 4.26. The Bertz CT molecular complexity index is 942. The van der Waals surface area contributed by atoms with Crippen molar-refractivity contribution in [2.75, 3.05) is 6.61 Å². The molecule has 0 fully saturated rings. The lowest BCUT2D eigenvalue weighted by Crippen LogP contribution is -2.55. The highest BCUT2D eigenvalue weighted by atomic mass is 16.6. The summed E-state index contributed by atoms with van der Waals surface area (Å²) in [4.78, 5) is 37.4. The molecule has 3 atom stereocenters. The van der Waals surface area contributed by atoms with E-state index >= 15 is 0 Å². The number of hydrogen-bond acceptors (Lipinski definition) is 4. The van der Waals surface area contributed by atoms with Gasteiger partial charge in [0, 0.05) is 5.92 Å². The van der Waals surface area contributed by atoms with Crippen LogP contribution in [-0.2, 0) is 14.3 Å². The van der Waals surface area contributed by atoms with Crippen molar-refractivity contribution in [1.82, 2.24) is 4.90 Å². The smallest absolute Gasteiger partial charge is 0.411 e. The van der Waals surface area contributed by atoms with E-state index in [4.69, 9.17) is 4.74 Å². The average Bonchev–Trinajstić information content (AvgIpc) is 3.08. The molecule has 3 rings (SSSR count). The van der Waals surface area contributed by atoms with E-state index in [0.717, 1.165) is 27.2 Å². The molecule has 2 aromatic carbocycles. The molecule has 1 aliphatic carbocycles. The van der Waals surface area contributed by atoms with E-state index in [1.54, 1.807) is 13.8 Å². The van der Waals surface area contributed by atoms with Crippen LogP contribution >= 0.6 is 0 Å². The summed E-state index contributed by atoms with van der Waals surface area (Å²) in [5, 5.41) is 19.2. The molecule has 31 heavy (non-hydrogen) atoms. The number of aliphatic carboxylic acids is 2. The van der Waals surface area contributed by atoms with Gasteiger partial charge in [0.2, 0.25) is 0 Å². The number of nitrogens with zero attached hydrogens (tertiary/aromatic N) is 1. The number of fused-ring (bicyclic) bond motifs is 3. The molecule has 1 unspecified atom stereocenters. The molecule has 0 aromatic heterocycles. The summed E-state index contributed by atoms with van der Waals surface area (Å²) in [5.41, 5.74) is 4.17. The van der Waals surface area contributed by atoms with E-state index in [0.29, 0.717) is 6.42 Å². The highest BCUT2D eigenvalue weighted by molar-refractivity contribution is 5.85. The molecule has 7 heteroatoms. The van der Waals surface area contributed by atoms with Crippen molar-refractivity contribution >= 4 is 18.0 Å². The molecule has 0 saturated carbocycles. The predicted octanol–water partition coefficient (Wildman–Crippen LogP) is 4.21. The first-order chi connectivity index (χ1) is 14.8. The maximum Gasteiger partial charge on any atom is 0.411 e. The van der Waals surface area contributed by atoms with Crippen molar-refractivity contribution in [3.8, 4) is 11.1 Å². The first kappa shape index (κ1) is 22.3. The highest BCUT2D eigenvalue weighted by Crippen LogP contribution is 2.44. The fourth-order valence-corrected chi connectivity index (χ4v) is 4.16. The van der Waals surface area contributed by atoms with Crippen LogP contribution < -0.4 is 0 Å². The minimum Gasteiger partial charge on any atom is -0.480 e. The third-order valence-electron chi connectivity index (χ3n) is 6.06. The number of hydrogen-bond donors (Lipinski definition) is 2. The van der Waals surface area contributed by atoms with Crippen LogP contribution in [0.5, 0.6) is 0 Å². The lowest BCUT2D eigenvalue weighted by Gasteiger charge is -2.34. The Kier molecular flexibility index (Phi) is 6.63. The van der Waals surface area contributed by atoms with Crippen LogP contribution in [0.15, 0.2) is 48.5 Å². The van der Waals surface area contributed by atoms with Gasteiger partial charge in [-0.1, -0.05) is 68.8 Å². The van der Waals surface area contributed by atoms with Crippen molar-refractivity contribution in [1.29, 1.82) is 0 Å². The first-order valence-corrected chi connectivity index (χ1v) is 10.4. The van der Waals surface area contributed by atoms with Crippen LogP contribution in [-0.4, -0.2) is 51.8 Å². The van der Waals surface area contributed by atoms with Gasteiger partial charge in [-0.2, -0.15) is 0 Å². The van der Waals surface area contributed by atoms with E-state index in [2.05, 4.69) is 0 Å². The quantitative estimate of drug-likeness (QED) is 0.657. The molecule has 164 valence electrons. The standard InChI is InChI=1S/C24H27NO6/c1-4-14(2)21(23(28)29)25(15(3)22(26)27)24(30)31-13-20-18-11-7-5-9-16(18)17-10-6-8-12-19(17)20/h5-12,14-15,20-21H,4,13H2,1-3H3,(H,26,27)(H,28,29)/t14-,15?,21-/m0/s1. The second-order valence-electron chi connectivity index (χ2n) is 7.89. The summed E-state index contributed by atoms with van der Waals surface area (Å²) in [5.74, 6) is -3.19. The van der Waals surface area contributed by atoms with Crippen LogP contribution in [0.1, 0.15) is 44.2 Å². The van der Waals surface area contributed by atoms with E-state index in [1.807, 2.05) is 48.5 Å². The Morgan fingerprint density at radius 2 is 1.45 bits per heavy atom. The van der Waals surface area contributed by atoms with Crippen LogP contribution in [0.4, 0.5) is 4.79 Å². The molecule has 7 nitrogen and oxygen atoms in total. The van der Waals surface area contributed by atoms with E-state index < -0.39 is 36.0 Å². The van der Waals surface area contributed by atoms with Gasteiger partial charge in [-0.25, -0.2) is 14.4 Å². The maximum absolute atomic E-state index is 13.0. The molecule has 2 N–H and O–H groups in total. The second kappa shape index (κ2) is 9.20. The van der Waals surface area contributed by atoms with Gasteiger partial charge in [0.05, 0.1) is 0 Å². The molecule has 0 saturated heterocycles. The van der Waals surface area contributed by atoms with E-state index in [-0.39, 0.29) is 12.5 Å². The largest absolute Gasteiger partial charge is 0.480 e. The van der Waals surface area contributed by atoms with Crippen LogP contribution in [0.25, 0.3) is 11.1 Å². The van der Waals surface area contributed by atoms with Crippen LogP contribution in [0.2, 0.25) is 0 Å². The lowest BCUT2D eigenvalue weighted by molar-refractivity contribution is -0.150. The monoisotopic (exact) mass is 425 g/mol. The normalized spacial score (nSPS) is 15.3. The number of carbonyl (C=O) groups excluding carboxylic acids is 1. The Hall–Kier alpha value is -3.35. The summed E-state index contributed by atoms with van der Waals surface area (Å²) >= 11 is 0. The number of ether oxygens (including phenoxy) is 1. The summed E-state index contributed by atoms with van der Waals surface area (Å²) in [7, 11) is 0. The summed E-state index contributed by atoms with van der Waals surface area (Å²) in [6, 6.07) is 13.1. The minimum atomic E-state index is -1.34. The molecular formula is C24H27NO6. The van der Waals surface area contributed by atoms with E-state index in [9.17, 15) is 24.6 Å². The van der Waals surface area contributed by atoms with E-state index in [1.165, 1.54) is 6.92 Å². The lowest BCUT2D eigenvalue weighted by atomic mass is 9.96. The molecule has 2 aromatic rings. The number of carboxylic acid groups (broad SMARTS) is 2. The number of rotatable bonds is 8. The number of carbonyl (C=O) groups is 3. The Balaban J connectivity index is 1.88. The Labute approximate surface area is 181 Å². The molecule has 0 heterocycles. The Morgan fingerprint density at radius 1 is 0.935 bits per heavy atom. The molecule has 0 bridgehead atoms. The molecule has 0 spiro atoms. The second-order valence-corrected chi connectivity index (χ2v) is 7.89.